The fourth-order valence-electron chi connectivity index (χ4n) is 1.34. The third-order valence-corrected chi connectivity index (χ3v) is 3.71. The summed E-state index contributed by atoms with van der Waals surface area (Å²) in [6.07, 6.45) is 4.23. The second-order valence-corrected chi connectivity index (χ2v) is 5.01. The van der Waals surface area contributed by atoms with Gasteiger partial charge in [0.1, 0.15) is 0 Å². The van der Waals surface area contributed by atoms with Gasteiger partial charge in [0.25, 0.3) is 0 Å². The summed E-state index contributed by atoms with van der Waals surface area (Å²) < 4.78 is 0. The van der Waals surface area contributed by atoms with Crippen LogP contribution in [0.5, 0.6) is 0 Å². The van der Waals surface area contributed by atoms with Gasteiger partial charge in [-0.1, -0.05) is 6.92 Å². The maximum atomic E-state index is 4.32. The first kappa shape index (κ1) is 9.80. The second-order valence-electron chi connectivity index (χ2n) is 3.32. The summed E-state index contributed by atoms with van der Waals surface area (Å²) >= 11 is 3.40. The Kier molecular flexibility index (Phi) is 3.26. The average molecular weight is 224 g/mol. The number of thiazole rings is 2. The van der Waals surface area contributed by atoms with Crippen molar-refractivity contribution in [3.8, 4) is 0 Å². The van der Waals surface area contributed by atoms with Gasteiger partial charge in [-0.25, -0.2) is 4.98 Å². The summed E-state index contributed by atoms with van der Waals surface area (Å²) in [6, 6.07) is 0. The minimum Gasteiger partial charge on any atom is -0.253 e. The molecule has 14 heavy (non-hydrogen) atoms. The highest BCUT2D eigenvalue weighted by Gasteiger charge is 2.07. The number of aryl methyl sites for hydroxylation is 1. The molecule has 0 aliphatic heterocycles. The van der Waals surface area contributed by atoms with E-state index in [-0.39, 0.29) is 0 Å². The Morgan fingerprint density at radius 1 is 1.43 bits per heavy atom. The third-order valence-electron chi connectivity index (χ3n) is 2.26. The van der Waals surface area contributed by atoms with Crippen LogP contribution in [0.1, 0.15) is 29.8 Å². The van der Waals surface area contributed by atoms with Gasteiger partial charge >= 0.3 is 0 Å². The maximum absolute atomic E-state index is 4.32. The minimum atomic E-state index is 0.559. The Bertz CT molecular complexity index is 353. The molecule has 2 aromatic heterocycles. The number of hydrogen-bond donors (Lipinski definition) is 0. The van der Waals surface area contributed by atoms with Crippen LogP contribution in [0, 0.1) is 0 Å². The molecule has 0 amide bonds. The van der Waals surface area contributed by atoms with E-state index in [0.717, 1.165) is 12.8 Å². The van der Waals surface area contributed by atoms with Crippen molar-refractivity contribution in [2.75, 3.05) is 0 Å². The molecular formula is C10H12N2S2. The number of rotatable bonds is 4. The monoisotopic (exact) mass is 224 g/mol. The molecule has 0 N–H and O–H groups in total. The molecule has 0 spiro atoms. The fourth-order valence-corrected chi connectivity index (χ4v) is 2.63. The molecule has 0 aliphatic rings. The van der Waals surface area contributed by atoms with E-state index in [4.69, 9.17) is 0 Å². The molecule has 0 radical (unpaired) electrons. The Hall–Kier alpha value is -0.740. The van der Waals surface area contributed by atoms with Crippen LogP contribution in [0.4, 0.5) is 0 Å². The first-order chi connectivity index (χ1) is 6.86. The van der Waals surface area contributed by atoms with Crippen molar-refractivity contribution in [3.63, 3.8) is 0 Å². The van der Waals surface area contributed by atoms with Crippen LogP contribution in [-0.4, -0.2) is 9.97 Å². The molecule has 0 bridgehead atoms. The molecule has 2 heterocycles. The van der Waals surface area contributed by atoms with Gasteiger partial charge in [-0.05, 0) is 18.8 Å². The highest BCUT2D eigenvalue weighted by atomic mass is 32.1. The van der Waals surface area contributed by atoms with Gasteiger partial charge in [0.2, 0.25) is 0 Å². The van der Waals surface area contributed by atoms with Gasteiger partial charge in [-0.15, -0.1) is 22.7 Å². The van der Waals surface area contributed by atoms with E-state index >= 15 is 0 Å². The Morgan fingerprint density at radius 3 is 3.00 bits per heavy atom. The molecule has 0 fully saturated rings. The van der Waals surface area contributed by atoms with Crippen molar-refractivity contribution < 1.29 is 0 Å². The van der Waals surface area contributed by atoms with Crippen LogP contribution >= 0.6 is 22.7 Å². The molecular weight excluding hydrogens is 212 g/mol. The lowest BCUT2D eigenvalue weighted by Crippen LogP contribution is -1.95. The predicted octanol–water partition coefficient (Wildman–Crippen LogP) is 3.34. The topological polar surface area (TPSA) is 25.8 Å². The Balaban J connectivity index is 1.87. The maximum Gasteiger partial charge on any atom is 0.0794 e. The third kappa shape index (κ3) is 2.39. The SMILES string of the molecule is CC(CCc1cncs1)c1cscn1. The molecule has 0 saturated carbocycles. The number of hydrogen-bond acceptors (Lipinski definition) is 4. The molecule has 1 atom stereocenters. The Morgan fingerprint density at radius 2 is 2.36 bits per heavy atom. The van der Waals surface area contributed by atoms with Crippen LogP contribution in [0.2, 0.25) is 0 Å². The van der Waals surface area contributed by atoms with E-state index in [9.17, 15) is 0 Å². The van der Waals surface area contributed by atoms with E-state index in [1.165, 1.54) is 10.6 Å². The fraction of sp³-hybridized carbons (Fsp3) is 0.400. The van der Waals surface area contributed by atoms with Crippen molar-refractivity contribution in [3.05, 3.63) is 33.2 Å². The summed E-state index contributed by atoms with van der Waals surface area (Å²) in [6.45, 7) is 2.23. The average Bonchev–Trinajstić information content (AvgIpc) is 2.87. The molecule has 1 unspecified atom stereocenters. The van der Waals surface area contributed by atoms with Gasteiger partial charge < -0.3 is 0 Å². The molecule has 74 valence electrons. The van der Waals surface area contributed by atoms with Gasteiger partial charge in [-0.2, -0.15) is 0 Å². The zero-order valence-corrected chi connectivity index (χ0v) is 9.64. The van der Waals surface area contributed by atoms with Crippen LogP contribution in [-0.2, 0) is 6.42 Å². The molecule has 4 heteroatoms. The first-order valence-corrected chi connectivity index (χ1v) is 6.44. The van der Waals surface area contributed by atoms with Crippen molar-refractivity contribution in [1.29, 1.82) is 0 Å². The summed E-state index contributed by atoms with van der Waals surface area (Å²) in [5.74, 6) is 0.559. The van der Waals surface area contributed by atoms with Gasteiger partial charge in [0.15, 0.2) is 0 Å². The van der Waals surface area contributed by atoms with Crippen LogP contribution in [0.25, 0.3) is 0 Å². The molecule has 0 aromatic carbocycles. The van der Waals surface area contributed by atoms with E-state index in [1.807, 2.05) is 17.2 Å². The molecule has 2 rings (SSSR count). The predicted molar refractivity (Wildman–Crippen MR) is 61.0 cm³/mol. The Labute approximate surface area is 91.7 Å². The minimum absolute atomic E-state index is 0.559. The standard InChI is InChI=1S/C10H12N2S2/c1-8(10-5-13-7-12-10)2-3-9-4-11-6-14-9/h4-8H,2-3H2,1H3. The normalized spacial score (nSPS) is 12.9. The van der Waals surface area contributed by atoms with Crippen molar-refractivity contribution >= 4 is 22.7 Å². The highest BCUT2D eigenvalue weighted by molar-refractivity contribution is 7.09. The van der Waals surface area contributed by atoms with Crippen LogP contribution < -0.4 is 0 Å². The summed E-state index contributed by atoms with van der Waals surface area (Å²) in [4.78, 5) is 9.76. The van der Waals surface area contributed by atoms with Crippen molar-refractivity contribution in [2.45, 2.75) is 25.7 Å². The lowest BCUT2D eigenvalue weighted by molar-refractivity contribution is 0.668. The van der Waals surface area contributed by atoms with E-state index < -0.39 is 0 Å². The van der Waals surface area contributed by atoms with E-state index in [2.05, 4.69) is 22.3 Å². The van der Waals surface area contributed by atoms with Gasteiger partial charge in [-0.3, -0.25) is 4.98 Å². The van der Waals surface area contributed by atoms with Crippen LogP contribution in [0.15, 0.2) is 22.6 Å². The van der Waals surface area contributed by atoms with Crippen LogP contribution in [0.3, 0.4) is 0 Å². The van der Waals surface area contributed by atoms with E-state index in [1.54, 1.807) is 22.7 Å². The summed E-state index contributed by atoms with van der Waals surface area (Å²) in [5, 5.41) is 2.14. The lowest BCUT2D eigenvalue weighted by atomic mass is 10.0. The van der Waals surface area contributed by atoms with Crippen molar-refractivity contribution in [1.82, 2.24) is 9.97 Å². The summed E-state index contributed by atoms with van der Waals surface area (Å²) in [5.41, 5.74) is 5.01. The summed E-state index contributed by atoms with van der Waals surface area (Å²) in [7, 11) is 0. The quantitative estimate of drug-likeness (QED) is 0.796. The zero-order chi connectivity index (χ0) is 9.80. The highest BCUT2D eigenvalue weighted by Crippen LogP contribution is 2.21. The van der Waals surface area contributed by atoms with Gasteiger partial charge in [0.05, 0.1) is 16.7 Å². The molecule has 0 saturated heterocycles. The van der Waals surface area contributed by atoms with Crippen molar-refractivity contribution in [2.24, 2.45) is 0 Å². The molecule has 0 aliphatic carbocycles. The number of aromatic nitrogens is 2. The largest absolute Gasteiger partial charge is 0.253 e. The lowest BCUT2D eigenvalue weighted by Gasteiger charge is -2.06. The second kappa shape index (κ2) is 4.66. The number of nitrogens with zero attached hydrogens (tertiary/aromatic N) is 2. The van der Waals surface area contributed by atoms with E-state index in [0.29, 0.717) is 5.92 Å². The smallest absolute Gasteiger partial charge is 0.0794 e. The first-order valence-electron chi connectivity index (χ1n) is 4.61. The molecule has 2 nitrogen and oxygen atoms in total. The van der Waals surface area contributed by atoms with Gasteiger partial charge in [0, 0.05) is 16.5 Å². The zero-order valence-electron chi connectivity index (χ0n) is 8.01. The molecule has 2 aromatic rings.